The SMILES string of the molecule is OCC1COCCN2CCOCCOCCN(CCOCC2)CCO1.OCC1COCCN2CCOCCOCCN(CCOCCOCC2)CCO1.OCc1ccc2c(c1)OCCN1CCOCCOCCN(CCOCC1)CCO2.OCc1ccc2c(c1)OCCN1CCOCCOCCN(CCOCC1)CCO2.OCc1ccc2c(c1)OCCN1CCOCCOCCN(CCOCCOCC1)CCO2. The molecule has 143 heavy (non-hydrogen) atoms. The highest BCUT2D eigenvalue weighted by Crippen LogP contribution is 2.32. The normalized spacial score (nSPS) is 28.2. The second-order valence-corrected chi connectivity index (χ2v) is 35.2. The number of aliphatic hydroxyl groups excluding tert-OH is 5. The quantitative estimate of drug-likeness (QED) is 0.210. The van der Waals surface area contributed by atoms with Crippen molar-refractivity contribution in [2.75, 3.05) is 513 Å². The van der Waals surface area contributed by atoms with Gasteiger partial charge in [0.05, 0.1) is 297 Å². The van der Waals surface area contributed by atoms with Gasteiger partial charge in [-0.05, 0) is 53.1 Å². The zero-order valence-corrected chi connectivity index (χ0v) is 85.9. The van der Waals surface area contributed by atoms with Crippen LogP contribution in [0.1, 0.15) is 16.7 Å². The molecule has 0 spiro atoms. The van der Waals surface area contributed by atoms with Crippen LogP contribution in [-0.4, -0.2) is 600 Å². The summed E-state index contributed by atoms with van der Waals surface area (Å²) >= 11 is 0. The molecule has 3 aromatic rings. The van der Waals surface area contributed by atoms with E-state index in [1.807, 2.05) is 54.6 Å². The molecule has 0 radical (unpaired) electrons. The molecular weight excluding hydrogens is 1870 g/mol. The smallest absolute Gasteiger partial charge is 0.161 e. The van der Waals surface area contributed by atoms with Gasteiger partial charge in [0, 0.05) is 196 Å². The number of fused-ring (bicyclic) bond motifs is 59. The average Bonchev–Trinajstić information content (AvgIpc) is 1.21. The molecule has 15 rings (SSSR count). The van der Waals surface area contributed by atoms with Crippen LogP contribution in [0.3, 0.4) is 0 Å². The fourth-order valence-corrected chi connectivity index (χ4v) is 16.0. The summed E-state index contributed by atoms with van der Waals surface area (Å²) in [5.74, 6) is 4.12. The van der Waals surface area contributed by atoms with Gasteiger partial charge in [-0.1, -0.05) is 18.2 Å². The summed E-state index contributed by atoms with van der Waals surface area (Å²) in [4.78, 5) is 22.8. The molecule has 42 heteroatoms. The zero-order chi connectivity index (χ0) is 99.9. The number of benzene rings is 3. The van der Waals surface area contributed by atoms with E-state index in [9.17, 15) is 25.5 Å². The lowest BCUT2D eigenvalue weighted by Crippen LogP contribution is -2.37. The van der Waals surface area contributed by atoms with E-state index in [0.29, 0.717) is 338 Å². The van der Waals surface area contributed by atoms with E-state index in [2.05, 4.69) is 49.0 Å². The Morgan fingerprint density at radius 3 is 0.462 bits per heavy atom. The Kier molecular flexibility index (Phi) is 70.3. The Labute approximate surface area is 849 Å². The topological polar surface area (TPSA) is 383 Å². The Bertz CT molecular complexity index is 3350. The summed E-state index contributed by atoms with van der Waals surface area (Å²) in [6.07, 6.45) is -0.567. The third-order valence-electron chi connectivity index (χ3n) is 24.8. The first-order chi connectivity index (χ1) is 70.8. The van der Waals surface area contributed by atoms with Crippen LogP contribution in [0.4, 0.5) is 0 Å². The first-order valence-corrected chi connectivity index (χ1v) is 52.5. The Morgan fingerprint density at radius 2 is 0.301 bits per heavy atom. The molecule has 10 bridgehead atoms. The van der Waals surface area contributed by atoms with Crippen LogP contribution < -0.4 is 28.4 Å². The summed E-state index contributed by atoms with van der Waals surface area (Å²) in [5.41, 5.74) is 2.42. The molecule has 8 fully saturated rings. The lowest BCUT2D eigenvalue weighted by molar-refractivity contribution is -0.0564. The van der Waals surface area contributed by atoms with Crippen LogP contribution in [0.5, 0.6) is 34.5 Å². The van der Waals surface area contributed by atoms with Gasteiger partial charge < -0.3 is 153 Å². The highest BCUT2D eigenvalue weighted by atomic mass is 16.6. The molecule has 0 aliphatic carbocycles. The van der Waals surface area contributed by atoms with E-state index in [-0.39, 0.29) is 45.2 Å². The van der Waals surface area contributed by atoms with Crippen molar-refractivity contribution < 1.29 is 153 Å². The molecule has 42 nitrogen and oxygen atoms in total. The van der Waals surface area contributed by atoms with Crippen molar-refractivity contribution in [3.05, 3.63) is 71.3 Å². The Morgan fingerprint density at radius 1 is 0.161 bits per heavy atom. The maximum absolute atomic E-state index is 9.53. The fraction of sp³-hybridized carbons (Fsp3) is 0.822. The van der Waals surface area contributed by atoms with Gasteiger partial charge in [-0.2, -0.15) is 0 Å². The number of hydrogen-bond donors (Lipinski definition) is 5. The summed E-state index contributed by atoms with van der Waals surface area (Å²) in [7, 11) is 0. The molecule has 824 valence electrons. The molecule has 3 aromatic carbocycles. The third-order valence-corrected chi connectivity index (χ3v) is 24.8. The van der Waals surface area contributed by atoms with Crippen LogP contribution in [0.2, 0.25) is 0 Å². The molecule has 0 saturated carbocycles. The van der Waals surface area contributed by atoms with Gasteiger partial charge in [0.1, 0.15) is 51.8 Å². The minimum absolute atomic E-state index is 0.0226. The number of nitrogens with zero attached hydrogens (tertiary/aromatic N) is 10. The number of aliphatic hydroxyl groups is 5. The predicted molar refractivity (Wildman–Crippen MR) is 534 cm³/mol. The van der Waals surface area contributed by atoms with Crippen LogP contribution >= 0.6 is 0 Å². The van der Waals surface area contributed by atoms with Crippen LogP contribution in [0.15, 0.2) is 54.6 Å². The molecule has 0 amide bonds. The van der Waals surface area contributed by atoms with Crippen LogP contribution in [0, 0.1) is 0 Å². The highest BCUT2D eigenvalue weighted by Gasteiger charge is 2.23. The van der Waals surface area contributed by atoms with E-state index in [4.69, 9.17) is 128 Å². The standard InChI is InChI=1S/C23H38N2O7.2C21H34N2O6.C19H38N2O7.C17H34N2O6/c26-20-21-1-2-22-23(19-21)32-14-8-25-5-11-29-17-15-27-9-3-24(7-13-31-22)4-10-28-16-18-30-12-6-25;2*24-18-19-1-2-20-21(17-19)29-14-8-23-4-10-25-9-3-22(7-13-28-20)5-11-26-15-16-27-12-6-23;22-17-19-18-27-11-5-20-1-7-23-13-15-25-9-3-21(6-12-28-19)4-10-26-16-14-24-8-2-20;20-15-17-16-24-11-5-18-1-7-21-8-2-19(6-12-25-17)4-10-23-14-13-22-9-3-18/h1-2,19,26H,3-18,20H2;2*1-2,17,24H,3-16,18H2;19,22H,1-18H2;17,20H,1-16H2. The van der Waals surface area contributed by atoms with E-state index < -0.39 is 0 Å². The average molecular weight is 2040 g/mol. The van der Waals surface area contributed by atoms with E-state index in [1.54, 1.807) is 0 Å². The van der Waals surface area contributed by atoms with Crippen molar-refractivity contribution >= 4 is 0 Å². The van der Waals surface area contributed by atoms with Crippen molar-refractivity contribution in [2.45, 2.75) is 32.0 Å². The molecule has 12 aliphatic rings. The first-order valence-electron chi connectivity index (χ1n) is 52.5. The van der Waals surface area contributed by atoms with Gasteiger partial charge in [-0.25, -0.2) is 0 Å². The van der Waals surface area contributed by atoms with Gasteiger partial charge in [-0.3, -0.25) is 49.0 Å². The molecule has 8 saturated heterocycles. The highest BCUT2D eigenvalue weighted by molar-refractivity contribution is 5.44. The number of ether oxygens (including phenoxy) is 27. The minimum atomic E-state index is -0.299. The van der Waals surface area contributed by atoms with E-state index in [0.717, 1.165) is 213 Å². The molecule has 8 unspecified atom stereocenters. The molecule has 0 aromatic heterocycles. The molecule has 12 heterocycles. The maximum atomic E-state index is 9.53. The Balaban J connectivity index is 0.000000200. The monoisotopic (exact) mass is 2040 g/mol. The van der Waals surface area contributed by atoms with E-state index in [1.165, 1.54) is 0 Å². The Hall–Kier alpha value is -4.98. The molecule has 12 aliphatic heterocycles. The predicted octanol–water partition coefficient (Wildman–Crippen LogP) is 0.00870. The van der Waals surface area contributed by atoms with Gasteiger partial charge >= 0.3 is 0 Å². The van der Waals surface area contributed by atoms with Crippen molar-refractivity contribution in [1.29, 1.82) is 0 Å². The van der Waals surface area contributed by atoms with Crippen LogP contribution in [0.25, 0.3) is 0 Å². The summed E-state index contributed by atoms with van der Waals surface area (Å²) < 4.78 is 157. The second kappa shape index (κ2) is 82.8. The van der Waals surface area contributed by atoms with Crippen molar-refractivity contribution in [3.63, 3.8) is 0 Å². The summed E-state index contributed by atoms with van der Waals surface area (Å²) in [5, 5.41) is 47.4. The molecule has 5 N–H and O–H groups in total. The van der Waals surface area contributed by atoms with Crippen molar-refractivity contribution in [3.8, 4) is 34.5 Å². The minimum Gasteiger partial charge on any atom is -0.488 e. The second-order valence-electron chi connectivity index (χ2n) is 35.2. The van der Waals surface area contributed by atoms with Crippen LogP contribution in [-0.2, 0) is 119 Å². The van der Waals surface area contributed by atoms with Gasteiger partial charge in [0.2, 0.25) is 0 Å². The zero-order valence-electron chi connectivity index (χ0n) is 85.9. The molecule has 8 atom stereocenters. The fourth-order valence-electron chi connectivity index (χ4n) is 16.0. The lowest BCUT2D eigenvalue weighted by Gasteiger charge is -2.25. The van der Waals surface area contributed by atoms with Crippen molar-refractivity contribution in [2.24, 2.45) is 0 Å². The third kappa shape index (κ3) is 58.3. The van der Waals surface area contributed by atoms with E-state index >= 15 is 0 Å². The van der Waals surface area contributed by atoms with Gasteiger partial charge in [0.25, 0.3) is 0 Å². The van der Waals surface area contributed by atoms with Gasteiger partial charge in [-0.15, -0.1) is 0 Å². The first kappa shape index (κ1) is 122. The molecular formula is C101H178N10O32. The number of rotatable bonds is 5. The number of hydrogen-bond acceptors (Lipinski definition) is 42. The summed E-state index contributed by atoms with van der Waals surface area (Å²) in [6.45, 7) is 52.0. The summed E-state index contributed by atoms with van der Waals surface area (Å²) in [6, 6.07) is 16.8. The van der Waals surface area contributed by atoms with Crippen molar-refractivity contribution in [1.82, 2.24) is 49.0 Å². The van der Waals surface area contributed by atoms with Gasteiger partial charge in [0.15, 0.2) is 34.5 Å². The lowest BCUT2D eigenvalue weighted by atomic mass is 10.2. The largest absolute Gasteiger partial charge is 0.488 e. The maximum Gasteiger partial charge on any atom is 0.161 e.